The number of pyridine rings is 1. The SMILES string of the molecule is O=C1c2ccc(F)cc2-c2n[nH]c3ccnc(c23)N1C1CCOCC1. The predicted molar refractivity (Wildman–Crippen MR) is 89.9 cm³/mol. The molecule has 7 heteroatoms. The number of rotatable bonds is 1. The molecule has 2 aliphatic rings. The molecule has 2 aliphatic heterocycles. The largest absolute Gasteiger partial charge is 0.381 e. The van der Waals surface area contributed by atoms with Crippen molar-refractivity contribution in [1.82, 2.24) is 15.2 Å². The maximum Gasteiger partial charge on any atom is 0.260 e. The van der Waals surface area contributed by atoms with E-state index in [1.165, 1.54) is 18.2 Å². The lowest BCUT2D eigenvalue weighted by molar-refractivity contribution is 0.0771. The Balaban J connectivity index is 1.82. The number of carbonyl (C=O) groups is 1. The van der Waals surface area contributed by atoms with Crippen molar-refractivity contribution >= 4 is 22.6 Å². The molecule has 2 aromatic heterocycles. The molecule has 5 rings (SSSR count). The van der Waals surface area contributed by atoms with Crippen LogP contribution >= 0.6 is 0 Å². The number of hydrogen-bond acceptors (Lipinski definition) is 4. The smallest absolute Gasteiger partial charge is 0.260 e. The molecule has 3 aromatic rings. The van der Waals surface area contributed by atoms with Crippen molar-refractivity contribution in [3.63, 3.8) is 0 Å². The summed E-state index contributed by atoms with van der Waals surface area (Å²) >= 11 is 0. The number of nitrogens with zero attached hydrogens (tertiary/aromatic N) is 3. The quantitative estimate of drug-likeness (QED) is 0.741. The Labute approximate surface area is 142 Å². The van der Waals surface area contributed by atoms with Crippen LogP contribution in [-0.2, 0) is 4.74 Å². The highest BCUT2D eigenvalue weighted by Gasteiger charge is 2.35. The topological polar surface area (TPSA) is 71.1 Å². The number of aromatic nitrogens is 3. The van der Waals surface area contributed by atoms with Crippen molar-refractivity contribution in [2.45, 2.75) is 18.9 Å². The van der Waals surface area contributed by atoms with Gasteiger partial charge in [-0.05, 0) is 37.1 Å². The zero-order valence-corrected chi connectivity index (χ0v) is 13.3. The lowest BCUT2D eigenvalue weighted by Gasteiger charge is -2.33. The van der Waals surface area contributed by atoms with Gasteiger partial charge in [0.1, 0.15) is 17.3 Å². The van der Waals surface area contributed by atoms with E-state index in [1.54, 1.807) is 11.1 Å². The number of H-pyrrole nitrogens is 1. The Morgan fingerprint density at radius 1 is 1.20 bits per heavy atom. The highest BCUT2D eigenvalue weighted by atomic mass is 19.1. The molecule has 0 unspecified atom stereocenters. The summed E-state index contributed by atoms with van der Waals surface area (Å²) in [5, 5.41) is 8.07. The van der Waals surface area contributed by atoms with Crippen LogP contribution in [0.3, 0.4) is 0 Å². The van der Waals surface area contributed by atoms with Crippen molar-refractivity contribution in [2.24, 2.45) is 0 Å². The number of hydrogen-bond donors (Lipinski definition) is 1. The van der Waals surface area contributed by atoms with Crippen molar-refractivity contribution in [2.75, 3.05) is 18.1 Å². The molecule has 6 nitrogen and oxygen atoms in total. The molecule has 0 bridgehead atoms. The minimum atomic E-state index is -0.396. The molecule has 1 saturated heterocycles. The van der Waals surface area contributed by atoms with Gasteiger partial charge in [-0.1, -0.05) is 0 Å². The third-order valence-corrected chi connectivity index (χ3v) is 4.93. The van der Waals surface area contributed by atoms with Gasteiger partial charge < -0.3 is 4.74 Å². The summed E-state index contributed by atoms with van der Waals surface area (Å²) in [5.74, 6) is 0.0160. The molecule has 1 N–H and O–H groups in total. The first kappa shape index (κ1) is 14.5. The summed E-state index contributed by atoms with van der Waals surface area (Å²) in [6.45, 7) is 1.22. The van der Waals surface area contributed by atoms with Gasteiger partial charge in [-0.15, -0.1) is 0 Å². The van der Waals surface area contributed by atoms with Crippen LogP contribution in [-0.4, -0.2) is 40.3 Å². The lowest BCUT2D eigenvalue weighted by Crippen LogP contribution is -2.44. The van der Waals surface area contributed by atoms with Gasteiger partial charge >= 0.3 is 0 Å². The molecule has 0 saturated carbocycles. The number of benzene rings is 1. The van der Waals surface area contributed by atoms with Gasteiger partial charge in [0, 0.05) is 36.6 Å². The van der Waals surface area contributed by atoms with E-state index in [4.69, 9.17) is 4.74 Å². The number of anilines is 1. The number of ether oxygens (including phenoxy) is 1. The van der Waals surface area contributed by atoms with Gasteiger partial charge in [0.2, 0.25) is 0 Å². The van der Waals surface area contributed by atoms with Crippen molar-refractivity contribution in [1.29, 1.82) is 0 Å². The third-order valence-electron chi connectivity index (χ3n) is 4.93. The van der Waals surface area contributed by atoms with E-state index in [-0.39, 0.29) is 11.9 Å². The zero-order valence-electron chi connectivity index (χ0n) is 13.3. The zero-order chi connectivity index (χ0) is 17.0. The van der Waals surface area contributed by atoms with Crippen molar-refractivity contribution < 1.29 is 13.9 Å². The molecule has 4 heterocycles. The van der Waals surface area contributed by atoms with Crippen molar-refractivity contribution in [3.05, 3.63) is 41.8 Å². The third kappa shape index (κ3) is 2.09. The molecule has 0 atom stereocenters. The van der Waals surface area contributed by atoms with E-state index < -0.39 is 5.82 Å². The monoisotopic (exact) mass is 338 g/mol. The van der Waals surface area contributed by atoms with E-state index >= 15 is 0 Å². The highest BCUT2D eigenvalue weighted by Crippen LogP contribution is 2.40. The fourth-order valence-corrected chi connectivity index (χ4v) is 3.73. The Morgan fingerprint density at radius 3 is 2.88 bits per heavy atom. The van der Waals surface area contributed by atoms with Crippen LogP contribution < -0.4 is 4.90 Å². The highest BCUT2D eigenvalue weighted by molar-refractivity contribution is 6.18. The Kier molecular flexibility index (Phi) is 3.11. The Bertz CT molecular complexity index is 994. The van der Waals surface area contributed by atoms with Crippen LogP contribution in [0.5, 0.6) is 0 Å². The molecule has 126 valence electrons. The number of aromatic amines is 1. The maximum atomic E-state index is 13.9. The second-order valence-electron chi connectivity index (χ2n) is 6.34. The van der Waals surface area contributed by atoms with Crippen LogP contribution in [0.1, 0.15) is 23.2 Å². The minimum Gasteiger partial charge on any atom is -0.381 e. The van der Waals surface area contributed by atoms with Gasteiger partial charge in [-0.3, -0.25) is 14.8 Å². The van der Waals surface area contributed by atoms with Crippen LogP contribution in [0.25, 0.3) is 22.2 Å². The number of carbonyl (C=O) groups excluding carboxylic acids is 1. The average Bonchev–Trinajstić information content (AvgIpc) is 3.03. The average molecular weight is 338 g/mol. The number of fused-ring (bicyclic) bond motifs is 2. The molecule has 0 aliphatic carbocycles. The molecule has 1 aromatic carbocycles. The van der Waals surface area contributed by atoms with E-state index in [9.17, 15) is 9.18 Å². The molecule has 1 fully saturated rings. The van der Waals surface area contributed by atoms with Gasteiger partial charge in [-0.25, -0.2) is 9.37 Å². The number of nitrogens with one attached hydrogen (secondary N) is 1. The molecule has 0 spiro atoms. The van der Waals surface area contributed by atoms with Gasteiger partial charge in [-0.2, -0.15) is 5.10 Å². The second kappa shape index (κ2) is 5.35. The minimum absolute atomic E-state index is 0.00176. The lowest BCUT2D eigenvalue weighted by atomic mass is 10.0. The predicted octanol–water partition coefficient (Wildman–Crippen LogP) is 2.90. The first-order valence-corrected chi connectivity index (χ1v) is 8.28. The van der Waals surface area contributed by atoms with Gasteiger partial charge in [0.05, 0.1) is 10.9 Å². The van der Waals surface area contributed by atoms with E-state index in [2.05, 4.69) is 15.2 Å². The summed E-state index contributed by atoms with van der Waals surface area (Å²) in [5.41, 5.74) is 2.29. The van der Waals surface area contributed by atoms with Gasteiger partial charge in [0.15, 0.2) is 0 Å². The Morgan fingerprint density at radius 2 is 2.04 bits per heavy atom. The van der Waals surface area contributed by atoms with E-state index in [0.717, 1.165) is 23.7 Å². The maximum absolute atomic E-state index is 13.9. The molecular weight excluding hydrogens is 323 g/mol. The number of amides is 1. The van der Waals surface area contributed by atoms with Crippen molar-refractivity contribution in [3.8, 4) is 11.3 Å². The van der Waals surface area contributed by atoms with E-state index in [1.807, 2.05) is 6.07 Å². The molecule has 1 amide bonds. The van der Waals surface area contributed by atoms with Crippen LogP contribution in [0.4, 0.5) is 10.2 Å². The number of halogens is 1. The summed E-state index contributed by atoms with van der Waals surface area (Å²) in [6.07, 6.45) is 3.15. The normalized spacial score (nSPS) is 17.6. The standard InChI is InChI=1S/C18H15FN4O2/c19-10-1-2-12-13(9-10)16-15-14(21-22-16)3-6-20-17(15)23(18(12)24)11-4-7-25-8-5-11/h1-3,6,9,11H,4-5,7-8H2,(H,21,22). The fraction of sp³-hybridized carbons (Fsp3) is 0.278. The molecule has 0 radical (unpaired) electrons. The summed E-state index contributed by atoms with van der Waals surface area (Å²) in [7, 11) is 0. The summed E-state index contributed by atoms with van der Waals surface area (Å²) in [4.78, 5) is 19.6. The van der Waals surface area contributed by atoms with Gasteiger partial charge in [0.25, 0.3) is 5.91 Å². The van der Waals surface area contributed by atoms with E-state index in [0.29, 0.717) is 35.9 Å². The van der Waals surface area contributed by atoms with Crippen LogP contribution in [0.2, 0.25) is 0 Å². The second-order valence-corrected chi connectivity index (χ2v) is 6.34. The van der Waals surface area contributed by atoms with Crippen LogP contribution in [0.15, 0.2) is 30.5 Å². The summed E-state index contributed by atoms with van der Waals surface area (Å²) < 4.78 is 19.3. The Hall–Kier alpha value is -2.80. The molecular formula is C18H15FN4O2. The first-order valence-electron chi connectivity index (χ1n) is 8.28. The van der Waals surface area contributed by atoms with Crippen LogP contribution in [0, 0.1) is 5.82 Å². The first-order chi connectivity index (χ1) is 12.2. The molecule has 25 heavy (non-hydrogen) atoms. The fourth-order valence-electron chi connectivity index (χ4n) is 3.73. The summed E-state index contributed by atoms with van der Waals surface area (Å²) in [6, 6.07) is 6.02.